The van der Waals surface area contributed by atoms with Crippen LogP contribution in [-0.2, 0) is 6.54 Å². The number of carboxylic acids is 1. The fourth-order valence-corrected chi connectivity index (χ4v) is 4.73. The van der Waals surface area contributed by atoms with Crippen LogP contribution in [0.1, 0.15) is 28.8 Å². The number of methoxy groups -OCH3 is 1. The zero-order valence-corrected chi connectivity index (χ0v) is 19.8. The molecule has 3 N–H and O–H groups in total. The number of ether oxygens (including phenoxy) is 1. The van der Waals surface area contributed by atoms with Crippen LogP contribution in [0.2, 0.25) is 0 Å². The van der Waals surface area contributed by atoms with Gasteiger partial charge in [0.1, 0.15) is 11.3 Å². The van der Waals surface area contributed by atoms with E-state index in [2.05, 4.69) is 5.73 Å². The molecule has 7 nitrogen and oxygen atoms in total. The summed E-state index contributed by atoms with van der Waals surface area (Å²) < 4.78 is 22.6. The number of benzene rings is 3. The topological polar surface area (TPSA) is 97.8 Å². The lowest BCUT2D eigenvalue weighted by molar-refractivity contribution is 0.0695. The van der Waals surface area contributed by atoms with E-state index < -0.39 is 22.8 Å². The van der Waals surface area contributed by atoms with E-state index in [0.29, 0.717) is 30.8 Å². The fourth-order valence-electron chi connectivity index (χ4n) is 4.73. The number of nitrogens with two attached hydrogens (primary N) is 1. The molecule has 0 saturated carbocycles. The number of aromatic carboxylic acids is 1. The van der Waals surface area contributed by atoms with Crippen LogP contribution < -0.4 is 20.8 Å². The molecule has 182 valence electrons. The van der Waals surface area contributed by atoms with Crippen molar-refractivity contribution in [3.63, 3.8) is 0 Å². The first-order valence-electron chi connectivity index (χ1n) is 11.4. The monoisotopic (exact) mass is 477 g/mol. The average Bonchev–Trinajstić information content (AvgIpc) is 3.40. The van der Waals surface area contributed by atoms with E-state index in [-0.39, 0.29) is 11.1 Å². The standard InChI is InChI=1S/C26H23FN2O4.CH5N/c1-33-25-22-19(13-21(27)23(25)28-10-4-5-11-28)24(30)20(26(31)32)15-29(22)14-16-8-9-17-6-2-3-7-18(17)12-16;1-2/h2-3,6-9,12-13,15H,4-5,10-11,14H2,1H3,(H,31,32);2H2,1H3. The summed E-state index contributed by atoms with van der Waals surface area (Å²) in [6.45, 7) is 1.69. The molecule has 1 aliphatic rings. The SMILES string of the molecule is CN.COc1c(N2CCCC2)c(F)cc2c(=O)c(C(=O)O)cn(Cc3ccc4ccccc4c3)c12. The van der Waals surface area contributed by atoms with Gasteiger partial charge in [-0.1, -0.05) is 36.4 Å². The van der Waals surface area contributed by atoms with Gasteiger partial charge in [0.05, 0.1) is 18.0 Å². The Morgan fingerprint density at radius 1 is 1.09 bits per heavy atom. The Labute approximate surface area is 202 Å². The molecule has 1 saturated heterocycles. The molecule has 1 aliphatic heterocycles. The van der Waals surface area contributed by atoms with E-state index >= 15 is 4.39 Å². The third kappa shape index (κ3) is 4.44. The average molecular weight is 478 g/mol. The van der Waals surface area contributed by atoms with E-state index in [4.69, 9.17) is 4.74 Å². The van der Waals surface area contributed by atoms with Crippen LogP contribution in [0.15, 0.2) is 59.5 Å². The van der Waals surface area contributed by atoms with E-state index in [1.807, 2.05) is 47.4 Å². The molecule has 1 aromatic heterocycles. The summed E-state index contributed by atoms with van der Waals surface area (Å²) in [7, 11) is 2.95. The second-order valence-electron chi connectivity index (χ2n) is 8.32. The molecule has 0 radical (unpaired) electrons. The maximum atomic E-state index is 15.2. The second kappa shape index (κ2) is 10.1. The van der Waals surface area contributed by atoms with E-state index in [1.165, 1.54) is 20.4 Å². The van der Waals surface area contributed by atoms with Gasteiger partial charge in [-0.05, 0) is 48.4 Å². The zero-order valence-electron chi connectivity index (χ0n) is 19.8. The van der Waals surface area contributed by atoms with Gasteiger partial charge in [0, 0.05) is 25.8 Å². The Balaban J connectivity index is 0.00000141. The Hall–Kier alpha value is -3.91. The third-order valence-electron chi connectivity index (χ3n) is 6.27. The van der Waals surface area contributed by atoms with Crippen molar-refractivity contribution in [1.82, 2.24) is 4.57 Å². The van der Waals surface area contributed by atoms with E-state index in [1.54, 1.807) is 4.57 Å². The molecule has 35 heavy (non-hydrogen) atoms. The molecule has 1 fully saturated rings. The molecule has 0 amide bonds. The predicted octanol–water partition coefficient (Wildman–Crippen LogP) is 4.22. The molecule has 0 bridgehead atoms. The Kier molecular flexibility index (Phi) is 7.02. The largest absolute Gasteiger partial charge is 0.492 e. The lowest BCUT2D eigenvalue weighted by Gasteiger charge is -2.24. The summed E-state index contributed by atoms with van der Waals surface area (Å²) >= 11 is 0. The highest BCUT2D eigenvalue weighted by molar-refractivity contribution is 5.97. The van der Waals surface area contributed by atoms with Gasteiger partial charge in [-0.2, -0.15) is 0 Å². The molecule has 0 unspecified atom stereocenters. The van der Waals surface area contributed by atoms with Gasteiger partial charge in [0.15, 0.2) is 11.6 Å². The Bertz CT molecular complexity index is 1460. The van der Waals surface area contributed by atoms with Crippen molar-refractivity contribution in [2.75, 3.05) is 32.1 Å². The van der Waals surface area contributed by atoms with Crippen molar-refractivity contribution >= 4 is 33.3 Å². The second-order valence-corrected chi connectivity index (χ2v) is 8.32. The molecule has 0 aliphatic carbocycles. The Morgan fingerprint density at radius 3 is 2.43 bits per heavy atom. The molecule has 2 heterocycles. The van der Waals surface area contributed by atoms with Crippen LogP contribution in [0, 0.1) is 5.82 Å². The number of pyridine rings is 1. The number of aromatic nitrogens is 1. The first-order valence-corrected chi connectivity index (χ1v) is 11.4. The zero-order chi connectivity index (χ0) is 25.1. The van der Waals surface area contributed by atoms with Gasteiger partial charge in [-0.3, -0.25) is 4.79 Å². The number of carbonyl (C=O) groups is 1. The van der Waals surface area contributed by atoms with Gasteiger partial charge in [0.2, 0.25) is 5.43 Å². The normalized spacial score (nSPS) is 13.1. The maximum Gasteiger partial charge on any atom is 0.341 e. The summed E-state index contributed by atoms with van der Waals surface area (Å²) in [5, 5.41) is 11.8. The van der Waals surface area contributed by atoms with Crippen LogP contribution >= 0.6 is 0 Å². The van der Waals surface area contributed by atoms with Gasteiger partial charge < -0.3 is 25.0 Å². The van der Waals surface area contributed by atoms with Crippen molar-refractivity contribution < 1.29 is 19.0 Å². The summed E-state index contributed by atoms with van der Waals surface area (Å²) in [4.78, 5) is 26.7. The molecule has 0 atom stereocenters. The van der Waals surface area contributed by atoms with Crippen LogP contribution in [-0.4, -0.2) is 42.9 Å². The molecule has 8 heteroatoms. The van der Waals surface area contributed by atoms with Gasteiger partial charge in [-0.25, -0.2) is 9.18 Å². The molecule has 5 rings (SSSR count). The van der Waals surface area contributed by atoms with Crippen molar-refractivity contribution in [1.29, 1.82) is 0 Å². The Morgan fingerprint density at radius 2 is 1.77 bits per heavy atom. The maximum absolute atomic E-state index is 15.2. The number of rotatable bonds is 5. The van der Waals surface area contributed by atoms with Crippen LogP contribution in [0.5, 0.6) is 5.75 Å². The first-order chi connectivity index (χ1) is 17.0. The molecular formula is C27H28FN3O4. The number of halogens is 1. The summed E-state index contributed by atoms with van der Waals surface area (Å²) in [5.74, 6) is -1.68. The lowest BCUT2D eigenvalue weighted by Crippen LogP contribution is -2.23. The highest BCUT2D eigenvalue weighted by Crippen LogP contribution is 2.39. The first kappa shape index (κ1) is 24.2. The summed E-state index contributed by atoms with van der Waals surface area (Å²) in [5.41, 5.74) is 5.00. The van der Waals surface area contributed by atoms with Crippen LogP contribution in [0.4, 0.5) is 10.1 Å². The van der Waals surface area contributed by atoms with Gasteiger partial charge >= 0.3 is 5.97 Å². The van der Waals surface area contributed by atoms with Crippen molar-refractivity contribution in [3.05, 3.63) is 81.9 Å². The predicted molar refractivity (Wildman–Crippen MR) is 136 cm³/mol. The van der Waals surface area contributed by atoms with E-state index in [0.717, 1.165) is 35.2 Å². The van der Waals surface area contributed by atoms with Gasteiger partial charge in [0.25, 0.3) is 0 Å². The highest BCUT2D eigenvalue weighted by Gasteiger charge is 2.27. The van der Waals surface area contributed by atoms with E-state index in [9.17, 15) is 14.7 Å². The smallest absolute Gasteiger partial charge is 0.341 e. The van der Waals surface area contributed by atoms with Crippen molar-refractivity contribution in [2.24, 2.45) is 5.73 Å². The van der Waals surface area contributed by atoms with Crippen molar-refractivity contribution in [2.45, 2.75) is 19.4 Å². The number of nitrogens with zero attached hydrogens (tertiary/aromatic N) is 2. The molecule has 0 spiro atoms. The summed E-state index contributed by atoms with van der Waals surface area (Å²) in [6, 6.07) is 15.1. The fraction of sp³-hybridized carbons (Fsp3) is 0.259. The lowest BCUT2D eigenvalue weighted by atomic mass is 10.1. The number of anilines is 1. The minimum Gasteiger partial charge on any atom is -0.492 e. The highest BCUT2D eigenvalue weighted by atomic mass is 19.1. The molecule has 4 aromatic rings. The van der Waals surface area contributed by atoms with Gasteiger partial charge in [-0.15, -0.1) is 0 Å². The molecular weight excluding hydrogens is 449 g/mol. The van der Waals surface area contributed by atoms with Crippen LogP contribution in [0.3, 0.4) is 0 Å². The number of hydrogen-bond acceptors (Lipinski definition) is 5. The minimum absolute atomic E-state index is 0.00649. The van der Waals surface area contributed by atoms with Crippen molar-refractivity contribution in [3.8, 4) is 5.75 Å². The quantitative estimate of drug-likeness (QED) is 0.447. The summed E-state index contributed by atoms with van der Waals surface area (Å²) in [6.07, 6.45) is 3.22. The number of fused-ring (bicyclic) bond motifs is 2. The molecule has 3 aromatic carbocycles. The number of carboxylic acid groups (broad SMARTS) is 1. The van der Waals surface area contributed by atoms with Crippen LogP contribution in [0.25, 0.3) is 21.7 Å². The number of hydrogen-bond donors (Lipinski definition) is 2. The third-order valence-corrected chi connectivity index (χ3v) is 6.27. The minimum atomic E-state index is -1.35.